The molecule has 5 N–H and O–H groups in total. The number of hydroxylamine groups is 1. The third-order valence-corrected chi connectivity index (χ3v) is 6.40. The van der Waals surface area contributed by atoms with Gasteiger partial charge in [-0.1, -0.05) is 6.58 Å². The first kappa shape index (κ1) is 22.1. The van der Waals surface area contributed by atoms with Gasteiger partial charge in [-0.25, -0.2) is 4.98 Å². The number of nitrogens with one attached hydrogen (secondary N) is 2. The number of thioether (sulfide) groups is 1. The minimum Gasteiger partial charge on any atom is -0.398 e. The van der Waals surface area contributed by atoms with Crippen LogP contribution in [-0.2, 0) is 18.3 Å². The summed E-state index contributed by atoms with van der Waals surface area (Å²) in [6, 6.07) is 4.16. The Morgan fingerprint density at radius 3 is 2.66 bits per heavy atom. The van der Waals surface area contributed by atoms with Gasteiger partial charge >= 0.3 is 6.18 Å². The standard InChI is InChI=1S/C22H20F3N5OS/c1-10(26)18-16(27)7-15(22(23,24)25)21-19(18)13-5-6-32-9-14(13)20(29-21)12-3-4-17(28-8-12)11(2)30-31/h3-4,7-8,26,30-31H,2,5-6,9,27H2,1H3. The summed E-state index contributed by atoms with van der Waals surface area (Å²) in [5.74, 6) is 1.32. The number of alkyl halides is 3. The first-order chi connectivity index (χ1) is 15.1. The lowest BCUT2D eigenvalue weighted by molar-refractivity contribution is -0.136. The van der Waals surface area contributed by atoms with Gasteiger partial charge in [0.15, 0.2) is 0 Å². The number of fused-ring (bicyclic) bond motifs is 3. The maximum absolute atomic E-state index is 14.0. The molecule has 3 heterocycles. The third-order valence-electron chi connectivity index (χ3n) is 5.41. The molecular formula is C22H20F3N5OS. The number of hydrogen-bond acceptors (Lipinski definition) is 7. The quantitative estimate of drug-likeness (QED) is 0.248. The molecule has 6 nitrogen and oxygen atoms in total. The fourth-order valence-corrected chi connectivity index (χ4v) is 4.99. The number of hydrogen-bond donors (Lipinski definition) is 4. The van der Waals surface area contributed by atoms with Gasteiger partial charge in [0.1, 0.15) is 0 Å². The topological polar surface area (TPSA) is 108 Å². The largest absolute Gasteiger partial charge is 0.418 e. The Labute approximate surface area is 186 Å². The summed E-state index contributed by atoms with van der Waals surface area (Å²) in [6.07, 6.45) is -2.61. The molecule has 0 amide bonds. The lowest BCUT2D eigenvalue weighted by atomic mass is 9.89. The molecule has 4 rings (SSSR count). The molecule has 1 aliphatic heterocycles. The van der Waals surface area contributed by atoms with Gasteiger partial charge in [-0.05, 0) is 48.4 Å². The summed E-state index contributed by atoms with van der Waals surface area (Å²) >= 11 is 1.67. The summed E-state index contributed by atoms with van der Waals surface area (Å²) in [4.78, 5) is 8.73. The minimum absolute atomic E-state index is 0.0756. The lowest BCUT2D eigenvalue weighted by Crippen LogP contribution is -2.16. The Morgan fingerprint density at radius 2 is 2.06 bits per heavy atom. The van der Waals surface area contributed by atoms with E-state index in [1.54, 1.807) is 23.9 Å². The highest BCUT2D eigenvalue weighted by atomic mass is 32.2. The van der Waals surface area contributed by atoms with Gasteiger partial charge in [0, 0.05) is 39.9 Å². The van der Waals surface area contributed by atoms with Crippen molar-refractivity contribution in [3.8, 4) is 11.3 Å². The van der Waals surface area contributed by atoms with E-state index in [9.17, 15) is 13.2 Å². The van der Waals surface area contributed by atoms with E-state index in [1.807, 2.05) is 5.48 Å². The highest BCUT2D eigenvalue weighted by Gasteiger charge is 2.36. The summed E-state index contributed by atoms with van der Waals surface area (Å²) in [7, 11) is 0. The molecule has 0 fully saturated rings. The average Bonchev–Trinajstić information content (AvgIpc) is 2.76. The molecule has 0 aliphatic carbocycles. The number of aryl methyl sites for hydroxylation is 1. The second-order valence-corrected chi connectivity index (χ2v) is 8.58. The van der Waals surface area contributed by atoms with Crippen molar-refractivity contribution in [3.63, 3.8) is 0 Å². The van der Waals surface area contributed by atoms with E-state index in [2.05, 4.69) is 16.5 Å². The van der Waals surface area contributed by atoms with Gasteiger partial charge in [0.25, 0.3) is 0 Å². The van der Waals surface area contributed by atoms with E-state index in [4.69, 9.17) is 16.4 Å². The van der Waals surface area contributed by atoms with Gasteiger partial charge in [0.2, 0.25) is 0 Å². The van der Waals surface area contributed by atoms with Crippen molar-refractivity contribution in [1.29, 1.82) is 5.41 Å². The van der Waals surface area contributed by atoms with E-state index in [-0.39, 0.29) is 22.6 Å². The van der Waals surface area contributed by atoms with Gasteiger partial charge < -0.3 is 11.1 Å². The van der Waals surface area contributed by atoms with Crippen LogP contribution in [0, 0.1) is 5.41 Å². The number of anilines is 1. The maximum Gasteiger partial charge on any atom is 0.418 e. The molecule has 1 aromatic carbocycles. The molecule has 32 heavy (non-hydrogen) atoms. The number of nitrogen functional groups attached to an aromatic ring is 1. The Balaban J connectivity index is 2.09. The van der Waals surface area contributed by atoms with Crippen molar-refractivity contribution in [2.24, 2.45) is 0 Å². The van der Waals surface area contributed by atoms with Gasteiger partial charge in [0.05, 0.1) is 28.2 Å². The molecule has 0 saturated heterocycles. The number of aromatic nitrogens is 2. The summed E-state index contributed by atoms with van der Waals surface area (Å²) in [6.45, 7) is 5.15. The van der Waals surface area contributed by atoms with Gasteiger partial charge in [-0.2, -0.15) is 24.9 Å². The van der Waals surface area contributed by atoms with Crippen LogP contribution in [0.4, 0.5) is 18.9 Å². The van der Waals surface area contributed by atoms with E-state index in [1.165, 1.54) is 13.1 Å². The SMILES string of the molecule is C=C(NO)c1ccc(-c2nc3c(C(F)(F)F)cc(N)c(C(C)=N)c3c3c2CSCC3)cn1. The molecule has 10 heteroatoms. The fourth-order valence-electron chi connectivity index (χ4n) is 3.98. The zero-order valence-corrected chi connectivity index (χ0v) is 17.9. The lowest BCUT2D eigenvalue weighted by Gasteiger charge is -2.25. The van der Waals surface area contributed by atoms with Crippen LogP contribution >= 0.6 is 11.8 Å². The predicted octanol–water partition coefficient (Wildman–Crippen LogP) is 5.02. The third kappa shape index (κ3) is 3.69. The van der Waals surface area contributed by atoms with Crippen molar-refractivity contribution in [2.45, 2.75) is 25.3 Å². The van der Waals surface area contributed by atoms with Crippen LogP contribution in [0.3, 0.4) is 0 Å². The molecule has 0 atom stereocenters. The molecule has 0 bridgehead atoms. The molecule has 0 unspecified atom stereocenters. The average molecular weight is 459 g/mol. The molecule has 0 radical (unpaired) electrons. The normalized spacial score (nSPS) is 13.7. The number of pyridine rings is 2. The number of rotatable bonds is 4. The van der Waals surface area contributed by atoms with Crippen LogP contribution in [0.25, 0.3) is 27.9 Å². The monoisotopic (exact) mass is 459 g/mol. The highest BCUT2D eigenvalue weighted by Crippen LogP contribution is 2.44. The Hall–Kier alpha value is -3.11. The highest BCUT2D eigenvalue weighted by molar-refractivity contribution is 7.98. The maximum atomic E-state index is 14.0. The van der Waals surface area contributed by atoms with Gasteiger partial charge in [-0.3, -0.25) is 15.7 Å². The summed E-state index contributed by atoms with van der Waals surface area (Å²) < 4.78 is 41.9. The zero-order valence-electron chi connectivity index (χ0n) is 17.1. The van der Waals surface area contributed by atoms with Crippen molar-refractivity contribution in [3.05, 3.63) is 58.9 Å². The first-order valence-corrected chi connectivity index (χ1v) is 10.8. The molecule has 0 spiro atoms. The van der Waals surface area contributed by atoms with E-state index < -0.39 is 11.7 Å². The predicted molar refractivity (Wildman–Crippen MR) is 121 cm³/mol. The van der Waals surface area contributed by atoms with Crippen LogP contribution in [0.2, 0.25) is 0 Å². The molecule has 3 aromatic rings. The van der Waals surface area contributed by atoms with Crippen molar-refractivity contribution in [2.75, 3.05) is 11.5 Å². The number of halogens is 3. The number of nitrogens with two attached hydrogens (primary N) is 1. The second-order valence-electron chi connectivity index (χ2n) is 7.48. The Bertz CT molecular complexity index is 1260. The van der Waals surface area contributed by atoms with Crippen molar-refractivity contribution >= 4 is 39.8 Å². The van der Waals surface area contributed by atoms with E-state index in [0.717, 1.165) is 22.9 Å². The molecule has 166 valence electrons. The van der Waals surface area contributed by atoms with E-state index >= 15 is 0 Å². The second kappa shape index (κ2) is 8.10. The first-order valence-electron chi connectivity index (χ1n) is 9.67. The molecule has 1 aliphatic rings. The van der Waals surface area contributed by atoms with Crippen molar-refractivity contribution in [1.82, 2.24) is 15.4 Å². The van der Waals surface area contributed by atoms with Crippen LogP contribution in [0.15, 0.2) is 31.0 Å². The van der Waals surface area contributed by atoms with Crippen LogP contribution in [0.5, 0.6) is 0 Å². The number of benzene rings is 1. The molecular weight excluding hydrogens is 439 g/mol. The number of nitrogens with zero attached hydrogens (tertiary/aromatic N) is 2. The molecule has 2 aromatic heterocycles. The van der Waals surface area contributed by atoms with Gasteiger partial charge in [-0.15, -0.1) is 0 Å². The Morgan fingerprint density at radius 1 is 1.31 bits per heavy atom. The Kier molecular flexibility index (Phi) is 5.59. The zero-order chi connectivity index (χ0) is 23.2. The summed E-state index contributed by atoms with van der Waals surface area (Å²) in [5, 5.41) is 17.5. The van der Waals surface area contributed by atoms with E-state index in [0.29, 0.717) is 40.1 Å². The molecule has 0 saturated carbocycles. The van der Waals surface area contributed by atoms with Crippen LogP contribution in [-0.4, -0.2) is 26.6 Å². The van der Waals surface area contributed by atoms with Crippen LogP contribution in [0.1, 0.15) is 34.9 Å². The minimum atomic E-state index is -4.66. The smallest absolute Gasteiger partial charge is 0.398 e. The van der Waals surface area contributed by atoms with Crippen molar-refractivity contribution < 1.29 is 18.4 Å². The van der Waals surface area contributed by atoms with Crippen LogP contribution < -0.4 is 11.2 Å². The summed E-state index contributed by atoms with van der Waals surface area (Å²) in [5.41, 5.74) is 10.3. The fraction of sp³-hybridized carbons (Fsp3) is 0.227.